The third-order valence-electron chi connectivity index (χ3n) is 4.03. The van der Waals surface area contributed by atoms with Crippen LogP contribution in [0.1, 0.15) is 12.1 Å². The lowest BCUT2D eigenvalue weighted by Crippen LogP contribution is -1.98. The number of fused-ring (bicyclic) bond motifs is 1. The lowest BCUT2D eigenvalue weighted by molar-refractivity contribution is 0.622. The van der Waals surface area contributed by atoms with E-state index in [-0.39, 0.29) is 0 Å². The second kappa shape index (κ2) is 5.87. The third kappa shape index (κ3) is 2.65. The van der Waals surface area contributed by atoms with E-state index in [0.29, 0.717) is 13.0 Å². The van der Waals surface area contributed by atoms with Crippen LogP contribution in [-0.4, -0.2) is 33.9 Å². The number of rotatable bonds is 4. The molecule has 8 heteroatoms. The smallest absolute Gasteiger partial charge is 0.149 e. The molecule has 0 radical (unpaired) electrons. The van der Waals surface area contributed by atoms with E-state index >= 15 is 0 Å². The highest BCUT2D eigenvalue weighted by Crippen LogP contribution is 2.26. The summed E-state index contributed by atoms with van der Waals surface area (Å²) in [6, 6.07) is 4.08. The first kappa shape index (κ1) is 15.1. The number of aryl methyl sites for hydroxylation is 3. The Labute approximate surface area is 144 Å². The van der Waals surface area contributed by atoms with Crippen LogP contribution in [0, 0.1) is 18.3 Å². The summed E-state index contributed by atoms with van der Waals surface area (Å²) in [7, 11) is 1.88. The molecule has 0 saturated heterocycles. The molecule has 0 aliphatic heterocycles. The van der Waals surface area contributed by atoms with E-state index in [9.17, 15) is 0 Å². The second-order valence-corrected chi connectivity index (χ2v) is 5.82. The highest BCUT2D eigenvalue weighted by molar-refractivity contribution is 5.69. The van der Waals surface area contributed by atoms with Crippen LogP contribution < -0.4 is 0 Å². The Bertz CT molecular complexity index is 1090. The minimum Gasteiger partial charge on any atom is -0.284 e. The highest BCUT2D eigenvalue weighted by Gasteiger charge is 2.15. The van der Waals surface area contributed by atoms with E-state index in [1.807, 2.05) is 43.0 Å². The highest BCUT2D eigenvalue weighted by atomic mass is 15.3. The van der Waals surface area contributed by atoms with Gasteiger partial charge in [-0.15, -0.1) is 0 Å². The van der Waals surface area contributed by atoms with Gasteiger partial charge in [-0.1, -0.05) is 0 Å². The lowest BCUT2D eigenvalue weighted by atomic mass is 10.2. The summed E-state index contributed by atoms with van der Waals surface area (Å²) >= 11 is 0. The first-order valence-electron chi connectivity index (χ1n) is 7.90. The molecule has 4 rings (SSSR count). The summed E-state index contributed by atoms with van der Waals surface area (Å²) in [6.45, 7) is 2.51. The van der Waals surface area contributed by atoms with Gasteiger partial charge in [0.1, 0.15) is 11.5 Å². The topological polar surface area (TPSA) is 89.6 Å². The number of nitrogens with zero attached hydrogens (tertiary/aromatic N) is 8. The van der Waals surface area contributed by atoms with Gasteiger partial charge >= 0.3 is 0 Å². The van der Waals surface area contributed by atoms with Crippen molar-refractivity contribution in [1.29, 1.82) is 5.26 Å². The Balaban J connectivity index is 1.88. The molecule has 8 nitrogen and oxygen atoms in total. The Morgan fingerprint density at radius 1 is 1.28 bits per heavy atom. The van der Waals surface area contributed by atoms with Gasteiger partial charge in [-0.25, -0.2) is 9.97 Å². The first-order valence-corrected chi connectivity index (χ1v) is 7.90. The Morgan fingerprint density at radius 3 is 2.92 bits per heavy atom. The van der Waals surface area contributed by atoms with E-state index in [2.05, 4.69) is 21.3 Å². The monoisotopic (exact) mass is 332 g/mol. The molecular weight excluding hydrogens is 316 g/mol. The van der Waals surface area contributed by atoms with Crippen LogP contribution in [0.15, 0.2) is 37.1 Å². The molecule has 0 aliphatic rings. The van der Waals surface area contributed by atoms with Crippen molar-refractivity contribution in [3.8, 4) is 28.7 Å². The van der Waals surface area contributed by atoms with Crippen LogP contribution in [0.5, 0.6) is 0 Å². The molecular formula is C17H16N8. The zero-order valence-electron chi connectivity index (χ0n) is 14.0. The van der Waals surface area contributed by atoms with Gasteiger partial charge in [0, 0.05) is 43.5 Å². The fourth-order valence-electron chi connectivity index (χ4n) is 2.83. The summed E-state index contributed by atoms with van der Waals surface area (Å²) in [5, 5.41) is 17.5. The largest absolute Gasteiger partial charge is 0.284 e. The molecule has 4 aromatic rings. The first-order chi connectivity index (χ1) is 12.2. The van der Waals surface area contributed by atoms with E-state index < -0.39 is 0 Å². The zero-order valence-corrected chi connectivity index (χ0v) is 14.0. The predicted octanol–water partition coefficient (Wildman–Crippen LogP) is 2.22. The zero-order chi connectivity index (χ0) is 17.4. The third-order valence-corrected chi connectivity index (χ3v) is 4.03. The van der Waals surface area contributed by atoms with E-state index in [0.717, 1.165) is 34.0 Å². The minimum atomic E-state index is 0.421. The van der Waals surface area contributed by atoms with Crippen LogP contribution in [0.4, 0.5) is 0 Å². The number of aromatic nitrogens is 7. The van der Waals surface area contributed by atoms with Crippen LogP contribution in [-0.2, 0) is 13.6 Å². The summed E-state index contributed by atoms with van der Waals surface area (Å²) < 4.78 is 5.48. The average molecular weight is 332 g/mol. The number of imidazole rings is 1. The maximum atomic E-state index is 8.77. The van der Waals surface area contributed by atoms with E-state index in [4.69, 9.17) is 10.2 Å². The van der Waals surface area contributed by atoms with Gasteiger partial charge in [-0.05, 0) is 6.92 Å². The van der Waals surface area contributed by atoms with Crippen molar-refractivity contribution in [3.63, 3.8) is 0 Å². The number of hydrogen-bond donors (Lipinski definition) is 0. The van der Waals surface area contributed by atoms with Crippen molar-refractivity contribution in [2.45, 2.75) is 19.9 Å². The van der Waals surface area contributed by atoms with Crippen LogP contribution in [0.2, 0.25) is 0 Å². The molecule has 4 aromatic heterocycles. The van der Waals surface area contributed by atoms with Crippen LogP contribution >= 0.6 is 0 Å². The number of hydrogen-bond acceptors (Lipinski definition) is 5. The molecule has 124 valence electrons. The molecule has 0 bridgehead atoms. The van der Waals surface area contributed by atoms with E-state index in [1.54, 1.807) is 21.8 Å². The minimum absolute atomic E-state index is 0.421. The summed E-state index contributed by atoms with van der Waals surface area (Å²) in [5.41, 5.74) is 4.35. The average Bonchev–Trinajstić information content (AvgIpc) is 3.31. The molecule has 0 N–H and O–H groups in total. The van der Waals surface area contributed by atoms with Gasteiger partial charge < -0.3 is 0 Å². The molecule has 25 heavy (non-hydrogen) atoms. The summed E-state index contributed by atoms with van der Waals surface area (Å²) in [4.78, 5) is 9.24. The number of nitriles is 1. The SMILES string of the molecule is Cc1nn(CCC#N)cc1-c1nc(-c2cnn(C)c2)cc2nccn12. The Kier molecular flexibility index (Phi) is 3.54. The quantitative estimate of drug-likeness (QED) is 0.571. The maximum Gasteiger partial charge on any atom is 0.149 e. The van der Waals surface area contributed by atoms with Gasteiger partial charge in [0.25, 0.3) is 0 Å². The second-order valence-electron chi connectivity index (χ2n) is 5.82. The van der Waals surface area contributed by atoms with E-state index in [1.165, 1.54) is 0 Å². The van der Waals surface area contributed by atoms with Gasteiger partial charge in [0.2, 0.25) is 0 Å². The van der Waals surface area contributed by atoms with Gasteiger partial charge in [0.05, 0.1) is 42.2 Å². The molecule has 0 saturated carbocycles. The van der Waals surface area contributed by atoms with Crippen molar-refractivity contribution in [3.05, 3.63) is 42.7 Å². The van der Waals surface area contributed by atoms with Crippen LogP contribution in [0.3, 0.4) is 0 Å². The molecule has 0 amide bonds. The molecule has 0 aliphatic carbocycles. The molecule has 0 spiro atoms. The molecule has 4 heterocycles. The van der Waals surface area contributed by atoms with Crippen LogP contribution in [0.25, 0.3) is 28.3 Å². The summed E-state index contributed by atoms with van der Waals surface area (Å²) in [5.74, 6) is 0.773. The maximum absolute atomic E-state index is 8.77. The fourth-order valence-corrected chi connectivity index (χ4v) is 2.83. The molecule has 0 aromatic carbocycles. The van der Waals surface area contributed by atoms with Gasteiger partial charge in [-0.2, -0.15) is 15.5 Å². The van der Waals surface area contributed by atoms with Crippen molar-refractivity contribution < 1.29 is 0 Å². The standard InChI is InChI=1S/C17H16N8/c1-12-14(11-24(22-12)6-3-4-18)17-21-15(13-9-20-23(2)10-13)8-16-19-5-7-25(16)17/h5,7-11H,3,6H2,1-2H3. The predicted molar refractivity (Wildman–Crippen MR) is 91.4 cm³/mol. The van der Waals surface area contributed by atoms with Gasteiger partial charge in [-0.3, -0.25) is 13.8 Å². The summed E-state index contributed by atoms with van der Waals surface area (Å²) in [6.07, 6.45) is 9.70. The molecule has 0 atom stereocenters. The Morgan fingerprint density at radius 2 is 2.16 bits per heavy atom. The molecule has 0 fully saturated rings. The Hall–Kier alpha value is -3.47. The van der Waals surface area contributed by atoms with Crippen molar-refractivity contribution in [2.24, 2.45) is 7.05 Å². The fraction of sp³-hybridized carbons (Fsp3) is 0.235. The van der Waals surface area contributed by atoms with Crippen molar-refractivity contribution in [1.82, 2.24) is 33.9 Å². The van der Waals surface area contributed by atoms with Crippen molar-refractivity contribution in [2.75, 3.05) is 0 Å². The lowest BCUT2D eigenvalue weighted by Gasteiger charge is -2.06. The van der Waals surface area contributed by atoms with Gasteiger partial charge in [0.15, 0.2) is 0 Å². The normalized spacial score (nSPS) is 11.1. The van der Waals surface area contributed by atoms with Crippen molar-refractivity contribution >= 4 is 5.65 Å². The molecule has 0 unspecified atom stereocenters.